The minimum absolute atomic E-state index is 1.36. The maximum absolute atomic E-state index is 5.94. The van der Waals surface area contributed by atoms with E-state index in [1.165, 1.54) is 10.4 Å². The molecule has 2 aromatic rings. The van der Waals surface area contributed by atoms with Gasteiger partial charge in [-0.25, -0.2) is 0 Å². The molecule has 0 aliphatic rings. The topological polar surface area (TPSA) is 18.5 Å². The van der Waals surface area contributed by atoms with Crippen molar-refractivity contribution < 1.29 is 8.85 Å². The van der Waals surface area contributed by atoms with Crippen LogP contribution in [0.1, 0.15) is 0 Å². The molecule has 0 aliphatic carbocycles. The maximum Gasteiger partial charge on any atom is 0.323 e. The second-order valence-corrected chi connectivity index (χ2v) is 17.0. The Morgan fingerprint density at radius 3 is 1.30 bits per heavy atom. The zero-order valence-electron chi connectivity index (χ0n) is 12.6. The summed E-state index contributed by atoms with van der Waals surface area (Å²) >= 11 is 0. The van der Waals surface area contributed by atoms with Crippen molar-refractivity contribution in [2.45, 2.75) is 13.1 Å². The van der Waals surface area contributed by atoms with Gasteiger partial charge in [-0.2, -0.15) is 0 Å². The SMILES string of the molecule is CO[Si](C)(OC)[Si](C)(c1ccccc1)c1ccccc1. The second-order valence-electron chi connectivity index (χ2n) is 5.21. The molecular weight excluding hydrogens is 280 g/mol. The molecule has 0 saturated carbocycles. The Hall–Kier alpha value is -1.21. The van der Waals surface area contributed by atoms with Crippen molar-refractivity contribution in [2.75, 3.05) is 14.2 Å². The first-order valence-electron chi connectivity index (χ1n) is 6.80. The molecule has 0 aliphatic heterocycles. The third kappa shape index (κ3) is 2.40. The van der Waals surface area contributed by atoms with Crippen LogP contribution in [0.4, 0.5) is 0 Å². The van der Waals surface area contributed by atoms with Crippen LogP contribution in [0.3, 0.4) is 0 Å². The van der Waals surface area contributed by atoms with Crippen LogP contribution in [0.5, 0.6) is 0 Å². The lowest BCUT2D eigenvalue weighted by Crippen LogP contribution is -2.75. The highest BCUT2D eigenvalue weighted by atomic mass is 29.3. The fourth-order valence-electron chi connectivity index (χ4n) is 2.73. The fraction of sp³-hybridized carbons (Fsp3) is 0.250. The summed E-state index contributed by atoms with van der Waals surface area (Å²) in [6.07, 6.45) is 0. The van der Waals surface area contributed by atoms with Gasteiger partial charge in [0.2, 0.25) is 0 Å². The van der Waals surface area contributed by atoms with Crippen LogP contribution in [0.25, 0.3) is 0 Å². The van der Waals surface area contributed by atoms with E-state index in [1.54, 1.807) is 14.2 Å². The van der Waals surface area contributed by atoms with E-state index >= 15 is 0 Å². The predicted octanol–water partition coefficient (Wildman–Crippen LogP) is 2.32. The summed E-state index contributed by atoms with van der Waals surface area (Å²) in [5, 5.41) is 2.73. The molecule has 0 bridgehead atoms. The van der Waals surface area contributed by atoms with Crippen molar-refractivity contribution >= 4 is 26.0 Å². The van der Waals surface area contributed by atoms with E-state index in [0.29, 0.717) is 0 Å². The Bertz CT molecular complexity index is 499. The summed E-state index contributed by atoms with van der Waals surface area (Å²) in [5.74, 6) is 0. The van der Waals surface area contributed by atoms with Gasteiger partial charge >= 0.3 is 8.08 Å². The van der Waals surface area contributed by atoms with Gasteiger partial charge in [0, 0.05) is 14.2 Å². The lowest BCUT2D eigenvalue weighted by molar-refractivity contribution is 0.270. The quantitative estimate of drug-likeness (QED) is 0.789. The van der Waals surface area contributed by atoms with Gasteiger partial charge in [-0.1, -0.05) is 77.6 Å². The van der Waals surface area contributed by atoms with E-state index < -0.39 is 15.7 Å². The molecule has 0 spiro atoms. The van der Waals surface area contributed by atoms with E-state index in [9.17, 15) is 0 Å². The van der Waals surface area contributed by atoms with E-state index in [1.807, 2.05) is 0 Å². The number of hydrogen-bond acceptors (Lipinski definition) is 2. The maximum atomic E-state index is 5.94. The average Bonchev–Trinajstić information content (AvgIpc) is 2.54. The largest absolute Gasteiger partial charge is 0.400 e. The third-order valence-electron chi connectivity index (χ3n) is 4.39. The minimum Gasteiger partial charge on any atom is -0.400 e. The van der Waals surface area contributed by atoms with E-state index in [2.05, 4.69) is 73.8 Å². The summed E-state index contributed by atoms with van der Waals surface area (Å²) in [4.78, 5) is 0. The molecule has 0 saturated heterocycles. The summed E-state index contributed by atoms with van der Waals surface area (Å²) in [7, 11) is -0.785. The first kappa shape index (κ1) is 15.2. The molecule has 0 heterocycles. The van der Waals surface area contributed by atoms with Crippen LogP contribution in [0, 0.1) is 0 Å². The molecule has 0 N–H and O–H groups in total. The van der Waals surface area contributed by atoms with Crippen molar-refractivity contribution in [1.29, 1.82) is 0 Å². The molecule has 0 fully saturated rings. The van der Waals surface area contributed by atoms with Gasteiger partial charge in [0.25, 0.3) is 0 Å². The normalized spacial score (nSPS) is 12.4. The van der Waals surface area contributed by atoms with Crippen LogP contribution in [-0.4, -0.2) is 29.9 Å². The molecule has 0 atom stereocenters. The summed E-state index contributed by atoms with van der Waals surface area (Å²) in [6, 6.07) is 21.4. The molecule has 0 unspecified atom stereocenters. The van der Waals surface area contributed by atoms with Crippen LogP contribution < -0.4 is 10.4 Å². The van der Waals surface area contributed by atoms with Gasteiger partial charge in [0.1, 0.15) is 0 Å². The van der Waals surface area contributed by atoms with Gasteiger partial charge in [-0.05, 0) is 6.55 Å². The Kier molecular flexibility index (Phi) is 4.60. The first-order valence-corrected chi connectivity index (χ1v) is 12.6. The molecule has 4 heteroatoms. The second kappa shape index (κ2) is 6.05. The van der Waals surface area contributed by atoms with Gasteiger partial charge in [-0.3, -0.25) is 0 Å². The Labute approximate surface area is 123 Å². The smallest absolute Gasteiger partial charge is 0.323 e. The Balaban J connectivity index is 2.67. The molecule has 0 aromatic heterocycles. The van der Waals surface area contributed by atoms with Gasteiger partial charge in [-0.15, -0.1) is 0 Å². The molecular formula is C16H22O2Si2. The lowest BCUT2D eigenvalue weighted by atomic mass is 10.4. The third-order valence-corrected chi connectivity index (χ3v) is 19.1. The highest BCUT2D eigenvalue weighted by Crippen LogP contribution is 2.21. The molecule has 20 heavy (non-hydrogen) atoms. The van der Waals surface area contributed by atoms with Crippen LogP contribution in [0.15, 0.2) is 60.7 Å². The molecule has 106 valence electrons. The monoisotopic (exact) mass is 302 g/mol. The molecule has 2 aromatic carbocycles. The van der Waals surface area contributed by atoms with Crippen molar-refractivity contribution in [1.82, 2.24) is 0 Å². The summed E-state index contributed by atoms with van der Waals surface area (Å²) < 4.78 is 11.9. The molecule has 0 amide bonds. The van der Waals surface area contributed by atoms with Gasteiger partial charge < -0.3 is 8.85 Å². The zero-order valence-corrected chi connectivity index (χ0v) is 14.6. The van der Waals surface area contributed by atoms with Gasteiger partial charge in [0.15, 0.2) is 7.59 Å². The fourth-order valence-corrected chi connectivity index (χ4v) is 13.4. The standard InChI is InChI=1S/C16H22O2Si2/c1-17-20(4,18-2)19(3,15-11-7-5-8-12-15)16-13-9-6-10-14-16/h5-14H,1-4H3. The highest BCUT2D eigenvalue weighted by molar-refractivity contribution is 7.47. The molecule has 2 rings (SSSR count). The lowest BCUT2D eigenvalue weighted by Gasteiger charge is -2.40. The Morgan fingerprint density at radius 1 is 0.650 bits per heavy atom. The number of rotatable bonds is 5. The van der Waals surface area contributed by atoms with Gasteiger partial charge in [0.05, 0.1) is 0 Å². The highest BCUT2D eigenvalue weighted by Gasteiger charge is 2.54. The summed E-state index contributed by atoms with van der Waals surface area (Å²) in [5.41, 5.74) is 0. The van der Waals surface area contributed by atoms with Crippen LogP contribution >= 0.6 is 0 Å². The zero-order chi connectivity index (χ0) is 14.6. The van der Waals surface area contributed by atoms with E-state index in [-0.39, 0.29) is 0 Å². The number of benzene rings is 2. The summed E-state index contributed by atoms with van der Waals surface area (Å²) in [6.45, 7) is 4.54. The van der Waals surface area contributed by atoms with Crippen LogP contribution in [-0.2, 0) is 8.85 Å². The predicted molar refractivity (Wildman–Crippen MR) is 89.4 cm³/mol. The molecule has 2 nitrogen and oxygen atoms in total. The molecule has 0 radical (unpaired) electrons. The van der Waals surface area contributed by atoms with Crippen molar-refractivity contribution in [3.8, 4) is 0 Å². The van der Waals surface area contributed by atoms with Crippen molar-refractivity contribution in [3.05, 3.63) is 60.7 Å². The average molecular weight is 303 g/mol. The van der Waals surface area contributed by atoms with Crippen molar-refractivity contribution in [2.24, 2.45) is 0 Å². The van der Waals surface area contributed by atoms with E-state index in [0.717, 1.165) is 0 Å². The first-order chi connectivity index (χ1) is 9.58. The number of hydrogen-bond donors (Lipinski definition) is 0. The minimum atomic E-state index is -2.29. The van der Waals surface area contributed by atoms with E-state index in [4.69, 9.17) is 8.85 Å². The van der Waals surface area contributed by atoms with Crippen LogP contribution in [0.2, 0.25) is 13.1 Å². The van der Waals surface area contributed by atoms with Crippen molar-refractivity contribution in [3.63, 3.8) is 0 Å². The Morgan fingerprint density at radius 2 is 1.00 bits per heavy atom.